The molecule has 1 rings (SSSR count). The molecule has 0 fully saturated rings. The Morgan fingerprint density at radius 3 is 1.15 bits per heavy atom. The van der Waals surface area contributed by atoms with Gasteiger partial charge in [0, 0.05) is 6.04 Å². The van der Waals surface area contributed by atoms with Crippen LogP contribution in [0.1, 0.15) is 40.8 Å². The van der Waals surface area contributed by atoms with Crippen LogP contribution in [0.2, 0.25) is 0 Å². The van der Waals surface area contributed by atoms with Gasteiger partial charge in [0.2, 0.25) is 0 Å². The first kappa shape index (κ1) is 22.4. The number of alkyl halides is 12. The SMILES string of the molecule is CNC(C)c1c(C(F)(F)F)c(C(F)(F)F)cc(C(F)(F)F)c1C(F)(F)F. The molecule has 0 bridgehead atoms. The van der Waals surface area contributed by atoms with Crippen LogP contribution in [0.25, 0.3) is 0 Å². The Morgan fingerprint density at radius 1 is 0.654 bits per heavy atom. The molecule has 0 radical (unpaired) electrons. The standard InChI is InChI=1S/C13H9F12N/c1-4(26-2)7-8(12(20,21)22)5(10(14,15)16)3-6(11(17,18)19)9(7)13(23,24)25/h3-4,26H,1-2H3. The molecule has 1 aromatic rings. The van der Waals surface area contributed by atoms with E-state index in [1.54, 1.807) is 0 Å². The maximum absolute atomic E-state index is 13.2. The minimum absolute atomic E-state index is 0.583. The maximum atomic E-state index is 13.2. The molecule has 0 saturated heterocycles. The third kappa shape index (κ3) is 4.35. The molecule has 26 heavy (non-hydrogen) atoms. The first-order valence-electron chi connectivity index (χ1n) is 6.50. The molecule has 1 atom stereocenters. The van der Waals surface area contributed by atoms with Crippen LogP contribution in [0.4, 0.5) is 52.7 Å². The summed E-state index contributed by atoms with van der Waals surface area (Å²) in [5.74, 6) is 0. The summed E-state index contributed by atoms with van der Waals surface area (Å²) in [6.45, 7) is 0.583. The Hall–Kier alpha value is -1.66. The highest BCUT2D eigenvalue weighted by Crippen LogP contribution is 2.51. The molecule has 1 aromatic carbocycles. The number of halogens is 12. The molecule has 0 aliphatic rings. The Labute approximate surface area is 138 Å². The van der Waals surface area contributed by atoms with E-state index in [9.17, 15) is 52.7 Å². The van der Waals surface area contributed by atoms with Gasteiger partial charge in [-0.1, -0.05) is 0 Å². The monoisotopic (exact) mass is 407 g/mol. The van der Waals surface area contributed by atoms with E-state index in [1.807, 2.05) is 5.32 Å². The number of benzene rings is 1. The maximum Gasteiger partial charge on any atom is 0.417 e. The molecule has 1 nitrogen and oxygen atoms in total. The normalized spacial score (nSPS) is 15.3. The molecule has 0 aliphatic carbocycles. The molecule has 0 spiro atoms. The van der Waals surface area contributed by atoms with Crippen LogP contribution in [-0.4, -0.2) is 7.05 Å². The van der Waals surface area contributed by atoms with Crippen molar-refractivity contribution in [2.75, 3.05) is 7.05 Å². The first-order chi connectivity index (χ1) is 11.3. The van der Waals surface area contributed by atoms with Gasteiger partial charge in [-0.2, -0.15) is 52.7 Å². The lowest BCUT2D eigenvalue weighted by Gasteiger charge is -2.29. The van der Waals surface area contributed by atoms with Crippen LogP contribution in [0, 0.1) is 0 Å². The lowest BCUT2D eigenvalue weighted by Crippen LogP contribution is -2.30. The third-order valence-electron chi connectivity index (χ3n) is 3.41. The fraction of sp³-hybridized carbons (Fsp3) is 0.538. The molecule has 0 aromatic heterocycles. The zero-order valence-corrected chi connectivity index (χ0v) is 12.7. The fourth-order valence-electron chi connectivity index (χ4n) is 2.34. The number of hydrogen-bond donors (Lipinski definition) is 1. The topological polar surface area (TPSA) is 12.0 Å². The van der Waals surface area contributed by atoms with Gasteiger partial charge in [0.05, 0.1) is 22.3 Å². The van der Waals surface area contributed by atoms with E-state index in [-0.39, 0.29) is 0 Å². The van der Waals surface area contributed by atoms with Crippen molar-refractivity contribution in [1.82, 2.24) is 5.32 Å². The molecular weight excluding hydrogens is 398 g/mol. The smallest absolute Gasteiger partial charge is 0.313 e. The minimum Gasteiger partial charge on any atom is -0.313 e. The third-order valence-corrected chi connectivity index (χ3v) is 3.41. The lowest BCUT2D eigenvalue weighted by atomic mass is 9.86. The average Bonchev–Trinajstić information content (AvgIpc) is 2.40. The average molecular weight is 407 g/mol. The van der Waals surface area contributed by atoms with Crippen molar-refractivity contribution >= 4 is 0 Å². The molecule has 1 unspecified atom stereocenters. The van der Waals surface area contributed by atoms with E-state index in [4.69, 9.17) is 0 Å². The Balaban J connectivity index is 4.32. The quantitative estimate of drug-likeness (QED) is 0.590. The molecule has 13 heteroatoms. The molecule has 0 heterocycles. The highest BCUT2D eigenvalue weighted by Gasteiger charge is 2.53. The number of hydrogen-bond acceptors (Lipinski definition) is 1. The van der Waals surface area contributed by atoms with Crippen molar-refractivity contribution in [3.8, 4) is 0 Å². The number of nitrogens with one attached hydrogen (secondary N) is 1. The van der Waals surface area contributed by atoms with E-state index in [0.29, 0.717) is 6.92 Å². The number of rotatable bonds is 2. The van der Waals surface area contributed by atoms with E-state index in [1.165, 1.54) is 0 Å². The fourth-order valence-corrected chi connectivity index (χ4v) is 2.34. The van der Waals surface area contributed by atoms with Crippen molar-refractivity contribution in [3.63, 3.8) is 0 Å². The summed E-state index contributed by atoms with van der Waals surface area (Å²) in [6.07, 6.45) is -23.9. The van der Waals surface area contributed by atoms with Crippen molar-refractivity contribution in [2.24, 2.45) is 0 Å². The second-order valence-corrected chi connectivity index (χ2v) is 5.14. The van der Waals surface area contributed by atoms with Crippen LogP contribution in [0.5, 0.6) is 0 Å². The van der Waals surface area contributed by atoms with Gasteiger partial charge in [0.15, 0.2) is 0 Å². The summed E-state index contributed by atoms with van der Waals surface area (Å²) < 4.78 is 157. The van der Waals surface area contributed by atoms with Gasteiger partial charge in [0.1, 0.15) is 0 Å². The molecule has 1 N–H and O–H groups in total. The summed E-state index contributed by atoms with van der Waals surface area (Å²) in [5, 5.41) is 1.83. The van der Waals surface area contributed by atoms with Gasteiger partial charge in [-0.05, 0) is 25.6 Å². The van der Waals surface area contributed by atoms with Crippen LogP contribution in [0.15, 0.2) is 6.07 Å². The highest BCUT2D eigenvalue weighted by molar-refractivity contribution is 5.52. The largest absolute Gasteiger partial charge is 0.417 e. The summed E-state index contributed by atoms with van der Waals surface area (Å²) in [4.78, 5) is 0. The highest BCUT2D eigenvalue weighted by atomic mass is 19.4. The zero-order chi connectivity index (χ0) is 20.9. The van der Waals surface area contributed by atoms with Crippen molar-refractivity contribution in [3.05, 3.63) is 33.9 Å². The summed E-state index contributed by atoms with van der Waals surface area (Å²) in [7, 11) is 0.790. The van der Waals surface area contributed by atoms with Crippen molar-refractivity contribution < 1.29 is 52.7 Å². The van der Waals surface area contributed by atoms with Crippen molar-refractivity contribution in [2.45, 2.75) is 37.7 Å². The Morgan fingerprint density at radius 2 is 0.962 bits per heavy atom. The van der Waals surface area contributed by atoms with Crippen molar-refractivity contribution in [1.29, 1.82) is 0 Å². The molecule has 0 amide bonds. The van der Waals surface area contributed by atoms with E-state index >= 15 is 0 Å². The van der Waals surface area contributed by atoms with Crippen LogP contribution in [0.3, 0.4) is 0 Å². The van der Waals surface area contributed by atoms with E-state index < -0.39 is 64.6 Å². The van der Waals surface area contributed by atoms with Crippen LogP contribution in [-0.2, 0) is 24.7 Å². The van der Waals surface area contributed by atoms with Gasteiger partial charge in [-0.3, -0.25) is 0 Å². The second kappa shape index (κ2) is 6.50. The van der Waals surface area contributed by atoms with Gasteiger partial charge >= 0.3 is 24.7 Å². The molecule has 0 saturated carbocycles. The Kier molecular flexibility index (Phi) is 5.59. The second-order valence-electron chi connectivity index (χ2n) is 5.14. The van der Waals surface area contributed by atoms with Gasteiger partial charge in [0.25, 0.3) is 0 Å². The molecule has 150 valence electrons. The van der Waals surface area contributed by atoms with Crippen LogP contribution >= 0.6 is 0 Å². The summed E-state index contributed by atoms with van der Waals surface area (Å²) >= 11 is 0. The molecular formula is C13H9F12N. The zero-order valence-electron chi connectivity index (χ0n) is 12.7. The predicted octanol–water partition coefficient (Wildman–Crippen LogP) is 6.04. The first-order valence-corrected chi connectivity index (χ1v) is 6.50. The van der Waals surface area contributed by atoms with E-state index in [0.717, 1.165) is 7.05 Å². The summed E-state index contributed by atoms with van der Waals surface area (Å²) in [5.41, 5.74) is -13.5. The predicted molar refractivity (Wildman–Crippen MR) is 63.9 cm³/mol. The van der Waals surface area contributed by atoms with Gasteiger partial charge in [-0.15, -0.1) is 0 Å². The van der Waals surface area contributed by atoms with Gasteiger partial charge in [-0.25, -0.2) is 0 Å². The molecule has 0 aliphatic heterocycles. The Bertz CT molecular complexity index is 612. The lowest BCUT2D eigenvalue weighted by molar-refractivity contribution is -0.172. The van der Waals surface area contributed by atoms with E-state index in [2.05, 4.69) is 0 Å². The minimum atomic E-state index is -5.99. The van der Waals surface area contributed by atoms with Crippen LogP contribution < -0.4 is 5.32 Å². The summed E-state index contributed by atoms with van der Waals surface area (Å²) in [6, 6.07) is -3.27. The van der Waals surface area contributed by atoms with Gasteiger partial charge < -0.3 is 5.32 Å².